The Morgan fingerprint density at radius 1 is 1.00 bits per heavy atom. The monoisotopic (exact) mass is 410 g/mol. The summed E-state index contributed by atoms with van der Waals surface area (Å²) < 4.78 is 5.16. The van der Waals surface area contributed by atoms with E-state index in [9.17, 15) is 14.4 Å². The third kappa shape index (κ3) is 6.47. The number of carbonyl (C=O) groups excluding carboxylic acids is 2. The van der Waals surface area contributed by atoms with Gasteiger partial charge in [0.15, 0.2) is 6.61 Å². The molecule has 7 nitrogen and oxygen atoms in total. The van der Waals surface area contributed by atoms with E-state index < -0.39 is 24.4 Å². The summed E-state index contributed by atoms with van der Waals surface area (Å²) in [4.78, 5) is 34.6. The van der Waals surface area contributed by atoms with Gasteiger partial charge in [-0.05, 0) is 24.3 Å². The molecule has 0 aliphatic rings. The van der Waals surface area contributed by atoms with Gasteiger partial charge in [-0.15, -0.1) is 0 Å². The average molecular weight is 411 g/mol. The van der Waals surface area contributed by atoms with Gasteiger partial charge in [-0.2, -0.15) is 0 Å². The zero-order chi connectivity index (χ0) is 19.8. The number of benzene rings is 2. The maximum absolute atomic E-state index is 12.0. The Labute approximate surface area is 165 Å². The number of hydrogen-bond donors (Lipinski definition) is 3. The Morgan fingerprint density at radius 2 is 1.74 bits per heavy atom. The maximum atomic E-state index is 12.0. The van der Waals surface area contributed by atoms with Crippen LogP contribution in [0.5, 0.6) is 5.75 Å². The van der Waals surface area contributed by atoms with Crippen molar-refractivity contribution >= 4 is 41.0 Å². The molecule has 0 unspecified atom stereocenters. The SMILES string of the molecule is O=C(O)COc1ccccc1CNC(=O)CNC(=O)c1ccc(Cl)c(Cl)c1. The van der Waals surface area contributed by atoms with Gasteiger partial charge in [0.25, 0.3) is 5.91 Å². The van der Waals surface area contributed by atoms with Crippen LogP contribution >= 0.6 is 23.2 Å². The van der Waals surface area contributed by atoms with E-state index in [0.29, 0.717) is 16.3 Å². The molecule has 2 aromatic carbocycles. The van der Waals surface area contributed by atoms with E-state index in [2.05, 4.69) is 10.6 Å². The highest BCUT2D eigenvalue weighted by atomic mass is 35.5. The van der Waals surface area contributed by atoms with E-state index in [4.69, 9.17) is 33.0 Å². The van der Waals surface area contributed by atoms with Crippen molar-refractivity contribution in [2.75, 3.05) is 13.2 Å². The van der Waals surface area contributed by atoms with Gasteiger partial charge in [-0.3, -0.25) is 9.59 Å². The first-order valence-corrected chi connectivity index (χ1v) is 8.55. The smallest absolute Gasteiger partial charge is 0.341 e. The minimum atomic E-state index is -1.10. The summed E-state index contributed by atoms with van der Waals surface area (Å²) >= 11 is 11.7. The average Bonchev–Trinajstić information content (AvgIpc) is 2.65. The second-order valence-electron chi connectivity index (χ2n) is 5.38. The molecule has 0 heterocycles. The molecule has 0 fully saturated rings. The predicted molar refractivity (Wildman–Crippen MR) is 100 cm³/mol. The van der Waals surface area contributed by atoms with Gasteiger partial charge in [0.1, 0.15) is 5.75 Å². The number of rotatable bonds is 8. The second-order valence-corrected chi connectivity index (χ2v) is 6.19. The lowest BCUT2D eigenvalue weighted by molar-refractivity contribution is -0.139. The van der Waals surface area contributed by atoms with Crippen LogP contribution in [0.3, 0.4) is 0 Å². The highest BCUT2D eigenvalue weighted by Crippen LogP contribution is 2.22. The van der Waals surface area contributed by atoms with Crippen LogP contribution in [0.4, 0.5) is 0 Å². The summed E-state index contributed by atoms with van der Waals surface area (Å²) in [5.74, 6) is -1.62. The third-order valence-electron chi connectivity index (χ3n) is 3.39. The molecule has 0 aliphatic carbocycles. The van der Waals surface area contributed by atoms with E-state index in [1.54, 1.807) is 24.3 Å². The molecule has 0 aliphatic heterocycles. The summed E-state index contributed by atoms with van der Waals surface area (Å²) in [6.45, 7) is -0.598. The molecule has 0 bridgehead atoms. The summed E-state index contributed by atoms with van der Waals surface area (Å²) in [6, 6.07) is 11.1. The molecular weight excluding hydrogens is 395 g/mol. The van der Waals surface area contributed by atoms with Crippen LogP contribution in [0.15, 0.2) is 42.5 Å². The quantitative estimate of drug-likeness (QED) is 0.619. The summed E-state index contributed by atoms with van der Waals surface area (Å²) in [5, 5.41) is 14.4. The Hall–Kier alpha value is -2.77. The van der Waals surface area contributed by atoms with E-state index in [0.717, 1.165) is 0 Å². The molecule has 9 heteroatoms. The fourth-order valence-electron chi connectivity index (χ4n) is 2.09. The van der Waals surface area contributed by atoms with Gasteiger partial charge in [0.2, 0.25) is 5.91 Å². The molecule has 0 radical (unpaired) electrons. The number of carboxylic acid groups (broad SMARTS) is 1. The number of para-hydroxylation sites is 1. The number of carbonyl (C=O) groups is 3. The lowest BCUT2D eigenvalue weighted by Crippen LogP contribution is -2.36. The third-order valence-corrected chi connectivity index (χ3v) is 4.13. The van der Waals surface area contributed by atoms with Crippen molar-refractivity contribution < 1.29 is 24.2 Å². The van der Waals surface area contributed by atoms with Crippen LogP contribution in [-0.4, -0.2) is 36.0 Å². The van der Waals surface area contributed by atoms with Crippen LogP contribution in [0, 0.1) is 0 Å². The number of aliphatic carboxylic acids is 1. The molecular formula is C18H16Cl2N2O5. The van der Waals surface area contributed by atoms with Gasteiger partial charge in [-0.25, -0.2) is 4.79 Å². The standard InChI is InChI=1S/C18H16Cl2N2O5/c19-13-6-5-11(7-14(13)20)18(26)22-9-16(23)21-8-12-3-1-2-4-15(12)27-10-17(24)25/h1-7H,8-10H2,(H,21,23)(H,22,26)(H,24,25). The molecule has 0 atom stereocenters. The van der Waals surface area contributed by atoms with Crippen molar-refractivity contribution in [3.63, 3.8) is 0 Å². The van der Waals surface area contributed by atoms with Crippen molar-refractivity contribution in [3.8, 4) is 5.75 Å². The van der Waals surface area contributed by atoms with Crippen LogP contribution in [0.2, 0.25) is 10.0 Å². The van der Waals surface area contributed by atoms with Gasteiger partial charge >= 0.3 is 5.97 Å². The first-order valence-electron chi connectivity index (χ1n) is 7.79. The molecule has 2 amide bonds. The highest BCUT2D eigenvalue weighted by Gasteiger charge is 2.11. The van der Waals surface area contributed by atoms with Gasteiger partial charge in [0, 0.05) is 17.7 Å². The molecule has 0 spiro atoms. The normalized spacial score (nSPS) is 10.1. The predicted octanol–water partition coefficient (Wildman–Crippen LogP) is 2.50. The second kappa shape index (κ2) is 9.80. The lowest BCUT2D eigenvalue weighted by atomic mass is 10.2. The highest BCUT2D eigenvalue weighted by molar-refractivity contribution is 6.42. The Kier molecular flexibility index (Phi) is 7.45. The van der Waals surface area contributed by atoms with Crippen molar-refractivity contribution in [2.24, 2.45) is 0 Å². The van der Waals surface area contributed by atoms with Gasteiger partial charge < -0.3 is 20.5 Å². The molecule has 0 saturated heterocycles. The van der Waals surface area contributed by atoms with Crippen molar-refractivity contribution in [2.45, 2.75) is 6.54 Å². The van der Waals surface area contributed by atoms with Gasteiger partial charge in [0.05, 0.1) is 16.6 Å². The van der Waals surface area contributed by atoms with Crippen molar-refractivity contribution in [1.82, 2.24) is 10.6 Å². The van der Waals surface area contributed by atoms with E-state index in [-0.39, 0.29) is 23.7 Å². The number of ether oxygens (including phenoxy) is 1. The molecule has 0 aromatic heterocycles. The lowest BCUT2D eigenvalue weighted by Gasteiger charge is -2.11. The topological polar surface area (TPSA) is 105 Å². The number of amides is 2. The van der Waals surface area contributed by atoms with E-state index in [1.165, 1.54) is 18.2 Å². The van der Waals surface area contributed by atoms with Crippen molar-refractivity contribution in [3.05, 3.63) is 63.6 Å². The first-order chi connectivity index (χ1) is 12.9. The maximum Gasteiger partial charge on any atom is 0.341 e. The first kappa shape index (κ1) is 20.5. The molecule has 2 rings (SSSR count). The summed E-state index contributed by atoms with van der Waals surface area (Å²) in [6.07, 6.45) is 0. The fourth-order valence-corrected chi connectivity index (χ4v) is 2.38. The fraction of sp³-hybridized carbons (Fsp3) is 0.167. The largest absolute Gasteiger partial charge is 0.482 e. The Balaban J connectivity index is 1.85. The molecule has 142 valence electrons. The number of nitrogens with one attached hydrogen (secondary N) is 2. The van der Waals surface area contributed by atoms with Crippen LogP contribution < -0.4 is 15.4 Å². The van der Waals surface area contributed by atoms with Crippen LogP contribution in [0.1, 0.15) is 15.9 Å². The van der Waals surface area contributed by atoms with Gasteiger partial charge in [-0.1, -0.05) is 41.4 Å². The molecule has 0 saturated carbocycles. The zero-order valence-corrected chi connectivity index (χ0v) is 15.5. The van der Waals surface area contributed by atoms with Crippen LogP contribution in [0.25, 0.3) is 0 Å². The van der Waals surface area contributed by atoms with Crippen LogP contribution in [-0.2, 0) is 16.1 Å². The molecule has 27 heavy (non-hydrogen) atoms. The minimum Gasteiger partial charge on any atom is -0.482 e. The minimum absolute atomic E-state index is 0.122. The van der Waals surface area contributed by atoms with E-state index in [1.807, 2.05) is 0 Å². The number of carboxylic acids is 1. The van der Waals surface area contributed by atoms with Crippen molar-refractivity contribution in [1.29, 1.82) is 0 Å². The molecule has 2 aromatic rings. The Bertz CT molecular complexity index is 857. The Morgan fingerprint density at radius 3 is 2.44 bits per heavy atom. The summed E-state index contributed by atoms with van der Waals surface area (Å²) in [7, 11) is 0. The molecule has 3 N–H and O–H groups in total. The summed E-state index contributed by atoms with van der Waals surface area (Å²) in [5.41, 5.74) is 0.896. The number of hydrogen-bond acceptors (Lipinski definition) is 4. The van der Waals surface area contributed by atoms with E-state index >= 15 is 0 Å². The number of halogens is 2. The zero-order valence-electron chi connectivity index (χ0n) is 14.0.